The number of rotatable bonds is 4. The molecule has 104 valence electrons. The minimum Gasteiger partial charge on any atom is -0.325 e. The maximum atomic E-state index is 11.8. The van der Waals surface area contributed by atoms with E-state index in [1.807, 2.05) is 12.1 Å². The molecule has 1 saturated carbocycles. The number of nitrogens with one attached hydrogen (secondary N) is 2. The van der Waals surface area contributed by atoms with E-state index in [2.05, 4.69) is 17.6 Å². The van der Waals surface area contributed by atoms with Crippen molar-refractivity contribution in [2.75, 3.05) is 11.9 Å². The second-order valence-corrected chi connectivity index (χ2v) is 5.84. The molecule has 1 amide bonds. The van der Waals surface area contributed by atoms with Crippen molar-refractivity contribution in [2.24, 2.45) is 5.92 Å². The van der Waals surface area contributed by atoms with Crippen LogP contribution in [-0.2, 0) is 4.79 Å². The normalized spacial score (nSPS) is 23.1. The minimum atomic E-state index is 0.000508. The SMILES string of the molecule is C[C@@H]1CCC[C@H](NCC(=O)Nc2ccc(Cl)cc2)C1. The summed E-state index contributed by atoms with van der Waals surface area (Å²) >= 11 is 5.80. The summed E-state index contributed by atoms with van der Waals surface area (Å²) in [5, 5.41) is 6.88. The molecule has 0 bridgehead atoms. The highest BCUT2D eigenvalue weighted by Crippen LogP contribution is 2.23. The van der Waals surface area contributed by atoms with E-state index in [1.54, 1.807) is 12.1 Å². The molecule has 1 aliphatic rings. The number of carbonyl (C=O) groups is 1. The molecule has 0 heterocycles. The Bertz CT molecular complexity index is 419. The topological polar surface area (TPSA) is 41.1 Å². The molecule has 4 heteroatoms. The van der Waals surface area contributed by atoms with E-state index in [-0.39, 0.29) is 5.91 Å². The fourth-order valence-corrected chi connectivity index (χ4v) is 2.72. The molecule has 1 fully saturated rings. The Hall–Kier alpha value is -1.06. The van der Waals surface area contributed by atoms with Crippen LogP contribution in [0.15, 0.2) is 24.3 Å². The summed E-state index contributed by atoms with van der Waals surface area (Å²) in [6.45, 7) is 2.65. The Labute approximate surface area is 119 Å². The van der Waals surface area contributed by atoms with Gasteiger partial charge in [-0.2, -0.15) is 0 Å². The molecule has 0 aliphatic heterocycles. The van der Waals surface area contributed by atoms with Gasteiger partial charge in [0.25, 0.3) is 0 Å². The second kappa shape index (κ2) is 6.92. The van der Waals surface area contributed by atoms with Crippen LogP contribution < -0.4 is 10.6 Å². The van der Waals surface area contributed by atoms with Gasteiger partial charge in [0.1, 0.15) is 0 Å². The van der Waals surface area contributed by atoms with Crippen molar-refractivity contribution in [1.29, 1.82) is 0 Å². The molecule has 2 N–H and O–H groups in total. The van der Waals surface area contributed by atoms with E-state index < -0.39 is 0 Å². The van der Waals surface area contributed by atoms with Gasteiger partial charge in [0, 0.05) is 16.8 Å². The van der Waals surface area contributed by atoms with Crippen LogP contribution >= 0.6 is 11.6 Å². The Morgan fingerprint density at radius 3 is 2.74 bits per heavy atom. The molecule has 2 rings (SSSR count). The van der Waals surface area contributed by atoms with Crippen molar-refractivity contribution in [1.82, 2.24) is 5.32 Å². The number of amides is 1. The third kappa shape index (κ3) is 4.84. The Morgan fingerprint density at radius 1 is 1.32 bits per heavy atom. The Morgan fingerprint density at radius 2 is 2.05 bits per heavy atom. The van der Waals surface area contributed by atoms with Gasteiger partial charge >= 0.3 is 0 Å². The van der Waals surface area contributed by atoms with Gasteiger partial charge in [0.2, 0.25) is 5.91 Å². The lowest BCUT2D eigenvalue weighted by atomic mass is 9.87. The molecule has 0 unspecified atom stereocenters. The lowest BCUT2D eigenvalue weighted by molar-refractivity contribution is -0.115. The largest absolute Gasteiger partial charge is 0.325 e. The molecule has 1 aromatic carbocycles. The molecule has 19 heavy (non-hydrogen) atoms. The lowest BCUT2D eigenvalue weighted by Gasteiger charge is -2.27. The van der Waals surface area contributed by atoms with Gasteiger partial charge in [-0.1, -0.05) is 31.4 Å². The summed E-state index contributed by atoms with van der Waals surface area (Å²) in [5.41, 5.74) is 0.785. The highest BCUT2D eigenvalue weighted by atomic mass is 35.5. The second-order valence-electron chi connectivity index (χ2n) is 5.40. The molecular formula is C15H21ClN2O. The van der Waals surface area contributed by atoms with Crippen LogP contribution in [0, 0.1) is 5.92 Å². The van der Waals surface area contributed by atoms with Crippen LogP contribution in [0.4, 0.5) is 5.69 Å². The Balaban J connectivity index is 1.73. The van der Waals surface area contributed by atoms with Crippen LogP contribution in [0.3, 0.4) is 0 Å². The minimum absolute atomic E-state index is 0.000508. The number of anilines is 1. The molecule has 1 aliphatic carbocycles. The molecule has 1 aromatic rings. The number of hydrogen-bond donors (Lipinski definition) is 2. The van der Waals surface area contributed by atoms with Crippen molar-refractivity contribution in [3.05, 3.63) is 29.3 Å². The van der Waals surface area contributed by atoms with Gasteiger partial charge in [-0.05, 0) is 43.0 Å². The van der Waals surface area contributed by atoms with E-state index in [0.29, 0.717) is 17.6 Å². The van der Waals surface area contributed by atoms with E-state index in [9.17, 15) is 4.79 Å². The quantitative estimate of drug-likeness (QED) is 0.887. The van der Waals surface area contributed by atoms with E-state index in [4.69, 9.17) is 11.6 Å². The summed E-state index contributed by atoms with van der Waals surface area (Å²) in [7, 11) is 0. The zero-order valence-electron chi connectivity index (χ0n) is 11.3. The maximum Gasteiger partial charge on any atom is 0.238 e. The van der Waals surface area contributed by atoms with E-state index in [0.717, 1.165) is 11.6 Å². The monoisotopic (exact) mass is 280 g/mol. The fraction of sp³-hybridized carbons (Fsp3) is 0.533. The standard InChI is InChI=1S/C15H21ClN2O/c1-11-3-2-4-14(9-11)17-10-15(19)18-13-7-5-12(16)6-8-13/h5-8,11,14,17H,2-4,9-10H2,1H3,(H,18,19)/t11-,14+/m1/s1. The first-order valence-corrected chi connectivity index (χ1v) is 7.30. The summed E-state index contributed by atoms with van der Waals surface area (Å²) < 4.78 is 0. The third-order valence-electron chi connectivity index (χ3n) is 3.62. The van der Waals surface area contributed by atoms with Gasteiger partial charge in [-0.15, -0.1) is 0 Å². The van der Waals surface area contributed by atoms with Crippen LogP contribution in [0.25, 0.3) is 0 Å². The molecule has 0 saturated heterocycles. The van der Waals surface area contributed by atoms with Crippen molar-refractivity contribution >= 4 is 23.2 Å². The van der Waals surface area contributed by atoms with Crippen LogP contribution in [0.5, 0.6) is 0 Å². The van der Waals surface area contributed by atoms with Crippen molar-refractivity contribution in [3.8, 4) is 0 Å². The zero-order chi connectivity index (χ0) is 13.7. The molecule has 0 aromatic heterocycles. The van der Waals surface area contributed by atoms with Crippen molar-refractivity contribution in [3.63, 3.8) is 0 Å². The summed E-state index contributed by atoms with van der Waals surface area (Å²) in [4.78, 5) is 11.8. The van der Waals surface area contributed by atoms with Gasteiger partial charge in [-0.25, -0.2) is 0 Å². The van der Waals surface area contributed by atoms with Crippen molar-refractivity contribution < 1.29 is 4.79 Å². The smallest absolute Gasteiger partial charge is 0.238 e. The molecular weight excluding hydrogens is 260 g/mol. The van der Waals surface area contributed by atoms with Gasteiger partial charge in [0.05, 0.1) is 6.54 Å². The first kappa shape index (κ1) is 14.4. The van der Waals surface area contributed by atoms with Crippen molar-refractivity contribution in [2.45, 2.75) is 38.6 Å². The van der Waals surface area contributed by atoms with Gasteiger partial charge in [-0.3, -0.25) is 4.79 Å². The van der Waals surface area contributed by atoms with Crippen LogP contribution in [0.1, 0.15) is 32.6 Å². The lowest BCUT2D eigenvalue weighted by Crippen LogP contribution is -2.38. The average molecular weight is 281 g/mol. The summed E-state index contributed by atoms with van der Waals surface area (Å²) in [6.07, 6.45) is 4.93. The Kier molecular flexibility index (Phi) is 5.23. The average Bonchev–Trinajstić information content (AvgIpc) is 2.39. The third-order valence-corrected chi connectivity index (χ3v) is 3.87. The molecule has 2 atom stereocenters. The molecule has 0 radical (unpaired) electrons. The highest BCUT2D eigenvalue weighted by Gasteiger charge is 2.18. The summed E-state index contributed by atoms with van der Waals surface area (Å²) in [6, 6.07) is 7.65. The predicted molar refractivity (Wildman–Crippen MR) is 79.5 cm³/mol. The zero-order valence-corrected chi connectivity index (χ0v) is 12.0. The van der Waals surface area contributed by atoms with E-state index >= 15 is 0 Å². The highest BCUT2D eigenvalue weighted by molar-refractivity contribution is 6.30. The maximum absolute atomic E-state index is 11.8. The van der Waals surface area contributed by atoms with Crippen LogP contribution in [0.2, 0.25) is 5.02 Å². The summed E-state index contributed by atoms with van der Waals surface area (Å²) in [5.74, 6) is 0.770. The number of carbonyl (C=O) groups excluding carboxylic acids is 1. The van der Waals surface area contributed by atoms with E-state index in [1.165, 1.54) is 25.7 Å². The first-order chi connectivity index (χ1) is 9.13. The van der Waals surface area contributed by atoms with Crippen LogP contribution in [-0.4, -0.2) is 18.5 Å². The number of halogens is 1. The fourth-order valence-electron chi connectivity index (χ4n) is 2.59. The number of benzene rings is 1. The predicted octanol–water partition coefficient (Wildman–Crippen LogP) is 3.45. The van der Waals surface area contributed by atoms with Gasteiger partial charge in [0.15, 0.2) is 0 Å². The molecule has 3 nitrogen and oxygen atoms in total. The number of hydrogen-bond acceptors (Lipinski definition) is 2. The van der Waals surface area contributed by atoms with Gasteiger partial charge < -0.3 is 10.6 Å². The first-order valence-electron chi connectivity index (χ1n) is 6.92. The molecule has 0 spiro atoms.